The molecule has 0 aliphatic rings. The van der Waals surface area contributed by atoms with Crippen molar-refractivity contribution in [1.29, 1.82) is 0 Å². The fraction of sp³-hybridized carbons (Fsp3) is 0.238. The zero-order valence-electron chi connectivity index (χ0n) is 15.7. The van der Waals surface area contributed by atoms with Crippen LogP contribution in [0.1, 0.15) is 15.9 Å². The number of hydrogen-bond donors (Lipinski definition) is 2. The lowest BCUT2D eigenvalue weighted by Crippen LogP contribution is -2.32. The third kappa shape index (κ3) is 5.60. The number of rotatable bonds is 9. The maximum atomic E-state index is 12.5. The maximum Gasteiger partial charge on any atom is 0.253 e. The number of para-hydroxylation sites is 2. The molecule has 0 saturated heterocycles. The number of hydrogen-bond acceptors (Lipinski definition) is 4. The standard InChI is InChI=1S/C21H25N3O3/c1-4-13-22-21(26)17-10-6-7-11-18(17)23-14-20(25)24(2)15-16-9-5-8-12-19(16)27-3/h4-12,23H,1,13-15H2,2-3H3,(H,22,26). The van der Waals surface area contributed by atoms with Crippen molar-refractivity contribution in [3.63, 3.8) is 0 Å². The van der Waals surface area contributed by atoms with E-state index in [4.69, 9.17) is 4.74 Å². The number of nitrogens with one attached hydrogen (secondary N) is 2. The van der Waals surface area contributed by atoms with Crippen LogP contribution in [0, 0.1) is 0 Å². The van der Waals surface area contributed by atoms with Gasteiger partial charge in [-0.05, 0) is 18.2 Å². The first-order valence-corrected chi connectivity index (χ1v) is 8.64. The second kappa shape index (κ2) is 10.0. The minimum absolute atomic E-state index is 0.0808. The molecule has 0 bridgehead atoms. The van der Waals surface area contributed by atoms with Crippen LogP contribution in [-0.4, -0.2) is 44.0 Å². The van der Waals surface area contributed by atoms with Crippen LogP contribution in [0.15, 0.2) is 61.2 Å². The lowest BCUT2D eigenvalue weighted by Gasteiger charge is -2.20. The highest BCUT2D eigenvalue weighted by atomic mass is 16.5. The SMILES string of the molecule is C=CCNC(=O)c1ccccc1NCC(=O)N(C)Cc1ccccc1OC. The molecule has 142 valence electrons. The van der Waals surface area contributed by atoms with Crippen LogP contribution in [0.3, 0.4) is 0 Å². The van der Waals surface area contributed by atoms with Crippen molar-refractivity contribution >= 4 is 17.5 Å². The fourth-order valence-corrected chi connectivity index (χ4v) is 2.58. The Morgan fingerprint density at radius 2 is 1.85 bits per heavy atom. The average molecular weight is 367 g/mol. The topological polar surface area (TPSA) is 70.7 Å². The Bertz CT molecular complexity index is 805. The van der Waals surface area contributed by atoms with Crippen LogP contribution in [0.25, 0.3) is 0 Å². The third-order valence-corrected chi connectivity index (χ3v) is 4.03. The van der Waals surface area contributed by atoms with Gasteiger partial charge in [0.1, 0.15) is 5.75 Å². The molecule has 2 aromatic rings. The van der Waals surface area contributed by atoms with E-state index in [1.165, 1.54) is 0 Å². The zero-order valence-corrected chi connectivity index (χ0v) is 15.7. The van der Waals surface area contributed by atoms with Gasteiger partial charge in [0.2, 0.25) is 5.91 Å². The van der Waals surface area contributed by atoms with Crippen LogP contribution in [0.4, 0.5) is 5.69 Å². The summed E-state index contributed by atoms with van der Waals surface area (Å²) in [4.78, 5) is 26.3. The van der Waals surface area contributed by atoms with Crippen molar-refractivity contribution < 1.29 is 14.3 Å². The first-order chi connectivity index (χ1) is 13.1. The van der Waals surface area contributed by atoms with E-state index in [-0.39, 0.29) is 18.4 Å². The number of carbonyl (C=O) groups excluding carboxylic acids is 2. The van der Waals surface area contributed by atoms with Crippen molar-refractivity contribution in [2.75, 3.05) is 32.6 Å². The van der Waals surface area contributed by atoms with Crippen molar-refractivity contribution in [2.45, 2.75) is 6.54 Å². The minimum atomic E-state index is -0.215. The minimum Gasteiger partial charge on any atom is -0.496 e. The Labute approximate surface area is 159 Å². The summed E-state index contributed by atoms with van der Waals surface area (Å²) in [6.07, 6.45) is 1.62. The molecular formula is C21H25N3O3. The number of likely N-dealkylation sites (N-methyl/N-ethyl adjacent to an activating group) is 1. The number of amides is 2. The number of anilines is 1. The van der Waals surface area contributed by atoms with Gasteiger partial charge >= 0.3 is 0 Å². The Morgan fingerprint density at radius 1 is 1.15 bits per heavy atom. The summed E-state index contributed by atoms with van der Waals surface area (Å²) in [5, 5.41) is 5.80. The maximum absolute atomic E-state index is 12.5. The van der Waals surface area contributed by atoms with E-state index in [1.54, 1.807) is 43.3 Å². The average Bonchev–Trinajstić information content (AvgIpc) is 2.70. The fourth-order valence-electron chi connectivity index (χ4n) is 2.58. The molecule has 0 fully saturated rings. The molecule has 0 radical (unpaired) electrons. The molecule has 2 amide bonds. The van der Waals surface area contributed by atoms with E-state index >= 15 is 0 Å². The Hall–Kier alpha value is -3.28. The molecule has 6 heteroatoms. The van der Waals surface area contributed by atoms with E-state index < -0.39 is 0 Å². The summed E-state index contributed by atoms with van der Waals surface area (Å²) in [6.45, 7) is 4.48. The highest BCUT2D eigenvalue weighted by molar-refractivity contribution is 6.00. The van der Waals surface area contributed by atoms with E-state index in [9.17, 15) is 9.59 Å². The van der Waals surface area contributed by atoms with Crippen LogP contribution >= 0.6 is 0 Å². The van der Waals surface area contributed by atoms with Gasteiger partial charge in [0, 0.05) is 31.4 Å². The lowest BCUT2D eigenvalue weighted by atomic mass is 10.1. The quantitative estimate of drug-likeness (QED) is 0.669. The Kier molecular flexibility index (Phi) is 7.43. The first-order valence-electron chi connectivity index (χ1n) is 8.64. The van der Waals surface area contributed by atoms with Gasteiger partial charge in [-0.2, -0.15) is 0 Å². The molecule has 0 aliphatic heterocycles. The molecule has 0 atom stereocenters. The zero-order chi connectivity index (χ0) is 19.6. The summed E-state index contributed by atoms with van der Waals surface area (Å²) < 4.78 is 5.32. The molecular weight excluding hydrogens is 342 g/mol. The normalized spacial score (nSPS) is 10.0. The smallest absolute Gasteiger partial charge is 0.253 e. The number of carbonyl (C=O) groups is 2. The molecule has 0 aromatic heterocycles. The monoisotopic (exact) mass is 367 g/mol. The van der Waals surface area contributed by atoms with Gasteiger partial charge in [0.05, 0.1) is 19.2 Å². The van der Waals surface area contributed by atoms with Crippen LogP contribution < -0.4 is 15.4 Å². The molecule has 2 aromatic carbocycles. The van der Waals surface area contributed by atoms with Crippen molar-refractivity contribution in [3.8, 4) is 5.75 Å². The molecule has 0 heterocycles. The molecule has 2 rings (SSSR count). The van der Waals surface area contributed by atoms with Gasteiger partial charge in [-0.1, -0.05) is 36.4 Å². The summed E-state index contributed by atoms with van der Waals surface area (Å²) in [5.74, 6) is 0.435. The second-order valence-corrected chi connectivity index (χ2v) is 5.96. The Balaban J connectivity index is 1.99. The molecule has 0 aliphatic carbocycles. The molecule has 0 unspecified atom stereocenters. The molecule has 2 N–H and O–H groups in total. The third-order valence-electron chi connectivity index (χ3n) is 4.03. The van der Waals surface area contributed by atoms with Gasteiger partial charge in [-0.25, -0.2) is 0 Å². The molecule has 6 nitrogen and oxygen atoms in total. The lowest BCUT2D eigenvalue weighted by molar-refractivity contribution is -0.128. The van der Waals surface area contributed by atoms with E-state index in [2.05, 4.69) is 17.2 Å². The predicted octanol–water partition coefficient (Wildman–Crippen LogP) is 2.68. The van der Waals surface area contributed by atoms with Crippen LogP contribution in [0.5, 0.6) is 5.75 Å². The van der Waals surface area contributed by atoms with Crippen molar-refractivity contribution in [1.82, 2.24) is 10.2 Å². The van der Waals surface area contributed by atoms with Gasteiger partial charge in [0.25, 0.3) is 5.91 Å². The van der Waals surface area contributed by atoms with Crippen molar-refractivity contribution in [3.05, 3.63) is 72.3 Å². The van der Waals surface area contributed by atoms with Gasteiger partial charge in [-0.15, -0.1) is 6.58 Å². The number of nitrogens with zero attached hydrogens (tertiary/aromatic N) is 1. The number of benzene rings is 2. The summed E-state index contributed by atoms with van der Waals surface area (Å²) in [7, 11) is 3.34. The van der Waals surface area contributed by atoms with Gasteiger partial charge in [0.15, 0.2) is 0 Å². The summed E-state index contributed by atoms with van der Waals surface area (Å²) in [6, 6.07) is 14.7. The first kappa shape index (κ1) is 20.0. The van der Waals surface area contributed by atoms with Crippen molar-refractivity contribution in [2.24, 2.45) is 0 Å². The van der Waals surface area contributed by atoms with E-state index in [0.29, 0.717) is 24.3 Å². The van der Waals surface area contributed by atoms with Crippen LogP contribution in [0.2, 0.25) is 0 Å². The highest BCUT2D eigenvalue weighted by Crippen LogP contribution is 2.19. The van der Waals surface area contributed by atoms with Gasteiger partial charge < -0.3 is 20.3 Å². The second-order valence-electron chi connectivity index (χ2n) is 5.96. The predicted molar refractivity (Wildman–Crippen MR) is 107 cm³/mol. The molecule has 0 saturated carbocycles. The number of methoxy groups -OCH3 is 1. The van der Waals surface area contributed by atoms with Crippen LogP contribution in [-0.2, 0) is 11.3 Å². The molecule has 0 spiro atoms. The number of ether oxygens (including phenoxy) is 1. The highest BCUT2D eigenvalue weighted by Gasteiger charge is 2.14. The van der Waals surface area contributed by atoms with E-state index in [1.807, 2.05) is 30.3 Å². The summed E-state index contributed by atoms with van der Waals surface area (Å²) >= 11 is 0. The van der Waals surface area contributed by atoms with E-state index in [0.717, 1.165) is 11.3 Å². The Morgan fingerprint density at radius 3 is 2.59 bits per heavy atom. The largest absolute Gasteiger partial charge is 0.496 e. The molecule has 27 heavy (non-hydrogen) atoms. The van der Waals surface area contributed by atoms with Gasteiger partial charge in [-0.3, -0.25) is 9.59 Å². The summed E-state index contributed by atoms with van der Waals surface area (Å²) in [5.41, 5.74) is 2.03.